The number of nitrogens with zero attached hydrogens (tertiary/aromatic N) is 3. The van der Waals surface area contributed by atoms with Crippen LogP contribution >= 0.6 is 34.5 Å². The van der Waals surface area contributed by atoms with Crippen LogP contribution in [0.3, 0.4) is 0 Å². The van der Waals surface area contributed by atoms with Crippen LogP contribution < -0.4 is 5.56 Å². The predicted octanol–water partition coefficient (Wildman–Crippen LogP) is 6.18. The molecule has 4 rings (SSSR count). The third-order valence-electron chi connectivity index (χ3n) is 4.50. The molecule has 0 atom stereocenters. The van der Waals surface area contributed by atoms with Crippen molar-refractivity contribution >= 4 is 56.2 Å². The van der Waals surface area contributed by atoms with Crippen LogP contribution in [-0.2, 0) is 6.42 Å². The van der Waals surface area contributed by atoms with E-state index in [-0.39, 0.29) is 5.56 Å². The van der Waals surface area contributed by atoms with Crippen LogP contribution in [0.5, 0.6) is 0 Å². The standard InChI is InChI=1S/C21H18Cl2N4OS/c1-3-6-16-19(12(2)24-17-11-13(22)9-10-14(17)23)20(28)27(26-16)21-25-15-7-4-5-8-18(15)29-21/h4-5,7-11,26H,3,6H2,1-2H3. The van der Waals surface area contributed by atoms with E-state index in [1.807, 2.05) is 31.2 Å². The Kier molecular flexibility index (Phi) is 5.58. The smallest absolute Gasteiger partial charge is 0.282 e. The van der Waals surface area contributed by atoms with Crippen molar-refractivity contribution in [1.29, 1.82) is 0 Å². The number of aromatic amines is 1. The predicted molar refractivity (Wildman–Crippen MR) is 122 cm³/mol. The highest BCUT2D eigenvalue weighted by atomic mass is 35.5. The monoisotopic (exact) mass is 444 g/mol. The molecule has 2 aromatic carbocycles. The summed E-state index contributed by atoms with van der Waals surface area (Å²) in [5.41, 5.74) is 3.18. The van der Waals surface area contributed by atoms with E-state index < -0.39 is 0 Å². The fourth-order valence-corrected chi connectivity index (χ4v) is 4.44. The van der Waals surface area contributed by atoms with Gasteiger partial charge in [0.1, 0.15) is 0 Å². The lowest BCUT2D eigenvalue weighted by Crippen LogP contribution is -2.19. The van der Waals surface area contributed by atoms with E-state index in [2.05, 4.69) is 22.0 Å². The molecule has 0 spiro atoms. The van der Waals surface area contributed by atoms with Crippen molar-refractivity contribution in [2.45, 2.75) is 26.7 Å². The van der Waals surface area contributed by atoms with Gasteiger partial charge in [0.25, 0.3) is 5.56 Å². The third-order valence-corrected chi connectivity index (χ3v) is 6.07. The van der Waals surface area contributed by atoms with Crippen LogP contribution in [0.15, 0.2) is 52.3 Å². The van der Waals surface area contributed by atoms with Gasteiger partial charge in [-0.3, -0.25) is 14.9 Å². The molecule has 0 aliphatic heterocycles. The Hall–Kier alpha value is -2.41. The van der Waals surface area contributed by atoms with Crippen LogP contribution in [0, 0.1) is 0 Å². The molecule has 8 heteroatoms. The highest BCUT2D eigenvalue weighted by Crippen LogP contribution is 2.29. The van der Waals surface area contributed by atoms with Crippen molar-refractivity contribution < 1.29 is 0 Å². The van der Waals surface area contributed by atoms with Crippen molar-refractivity contribution in [3.8, 4) is 5.13 Å². The first-order valence-corrected chi connectivity index (χ1v) is 10.8. The number of aromatic nitrogens is 3. The first kappa shape index (κ1) is 19.9. The second-order valence-corrected chi connectivity index (χ2v) is 8.47. The number of nitrogens with one attached hydrogen (secondary N) is 1. The molecular formula is C21H18Cl2N4OS. The maximum Gasteiger partial charge on any atom is 0.282 e. The quantitative estimate of drug-likeness (QED) is 0.373. The molecule has 0 amide bonds. The number of H-pyrrole nitrogens is 1. The zero-order chi connectivity index (χ0) is 20.5. The average molecular weight is 445 g/mol. The number of benzene rings is 2. The van der Waals surface area contributed by atoms with Gasteiger partial charge in [0.15, 0.2) is 0 Å². The first-order valence-electron chi connectivity index (χ1n) is 9.18. The van der Waals surface area contributed by atoms with Gasteiger partial charge in [-0.25, -0.2) is 4.98 Å². The maximum atomic E-state index is 13.3. The van der Waals surface area contributed by atoms with Crippen molar-refractivity contribution in [1.82, 2.24) is 14.8 Å². The van der Waals surface area contributed by atoms with E-state index in [1.165, 1.54) is 16.0 Å². The van der Waals surface area contributed by atoms with Crippen LogP contribution in [0.4, 0.5) is 5.69 Å². The lowest BCUT2D eigenvalue weighted by atomic mass is 10.1. The number of halogens is 2. The highest BCUT2D eigenvalue weighted by Gasteiger charge is 2.19. The summed E-state index contributed by atoms with van der Waals surface area (Å²) < 4.78 is 2.53. The Labute approximate surface area is 181 Å². The zero-order valence-electron chi connectivity index (χ0n) is 15.9. The van der Waals surface area contributed by atoms with Crippen LogP contribution in [0.1, 0.15) is 31.5 Å². The summed E-state index contributed by atoms with van der Waals surface area (Å²) >= 11 is 13.8. The molecule has 0 bridgehead atoms. The fraction of sp³-hybridized carbons (Fsp3) is 0.190. The van der Waals surface area contributed by atoms with E-state index in [0.29, 0.717) is 32.1 Å². The van der Waals surface area contributed by atoms with Gasteiger partial charge in [-0.2, -0.15) is 4.68 Å². The zero-order valence-corrected chi connectivity index (χ0v) is 18.2. The van der Waals surface area contributed by atoms with E-state index >= 15 is 0 Å². The lowest BCUT2D eigenvalue weighted by molar-refractivity contribution is 0.790. The Bertz CT molecular complexity index is 1250. The molecular weight excluding hydrogens is 427 g/mol. The van der Waals surface area contributed by atoms with Gasteiger partial charge >= 0.3 is 0 Å². The van der Waals surface area contributed by atoms with Gasteiger partial charge in [0, 0.05) is 10.7 Å². The number of aliphatic imine (C=N–C) groups is 1. The summed E-state index contributed by atoms with van der Waals surface area (Å²) in [4.78, 5) is 22.5. The van der Waals surface area contributed by atoms with Gasteiger partial charge in [0.05, 0.1) is 32.2 Å². The molecule has 0 aliphatic carbocycles. The number of hydrogen-bond donors (Lipinski definition) is 1. The molecule has 5 nitrogen and oxygen atoms in total. The summed E-state index contributed by atoms with van der Waals surface area (Å²) in [7, 11) is 0. The van der Waals surface area contributed by atoms with Crippen LogP contribution in [0.25, 0.3) is 15.3 Å². The lowest BCUT2D eigenvalue weighted by Gasteiger charge is -2.03. The third kappa shape index (κ3) is 3.88. The van der Waals surface area contributed by atoms with Gasteiger partial charge in [-0.05, 0) is 43.7 Å². The number of fused-ring (bicyclic) bond motifs is 1. The Morgan fingerprint density at radius 1 is 1.24 bits per heavy atom. The Morgan fingerprint density at radius 2 is 2.03 bits per heavy atom. The van der Waals surface area contributed by atoms with Crippen molar-refractivity contribution in [2.24, 2.45) is 4.99 Å². The molecule has 0 aliphatic rings. The molecule has 2 heterocycles. The van der Waals surface area contributed by atoms with Crippen molar-refractivity contribution in [3.05, 3.63) is 74.1 Å². The topological polar surface area (TPSA) is 63.0 Å². The van der Waals surface area contributed by atoms with E-state index in [0.717, 1.165) is 28.8 Å². The van der Waals surface area contributed by atoms with Gasteiger partial charge in [0.2, 0.25) is 5.13 Å². The van der Waals surface area contributed by atoms with E-state index in [4.69, 9.17) is 23.2 Å². The summed E-state index contributed by atoms with van der Waals surface area (Å²) in [5, 5.41) is 4.86. The summed E-state index contributed by atoms with van der Waals surface area (Å²) in [6, 6.07) is 12.9. The first-order chi connectivity index (χ1) is 14.0. The molecule has 1 N–H and O–H groups in total. The second kappa shape index (κ2) is 8.14. The number of thiazole rings is 1. The summed E-state index contributed by atoms with van der Waals surface area (Å²) in [6.45, 7) is 3.88. The van der Waals surface area contributed by atoms with Gasteiger partial charge < -0.3 is 0 Å². The Balaban J connectivity index is 1.85. The van der Waals surface area contributed by atoms with Gasteiger partial charge in [-0.1, -0.05) is 60.0 Å². The van der Waals surface area contributed by atoms with Crippen LogP contribution in [-0.4, -0.2) is 20.5 Å². The molecule has 0 radical (unpaired) electrons. The molecule has 0 saturated heterocycles. The van der Waals surface area contributed by atoms with Crippen molar-refractivity contribution in [2.75, 3.05) is 0 Å². The minimum Gasteiger partial charge on any atom is -0.292 e. The molecule has 0 unspecified atom stereocenters. The SMILES string of the molecule is CCCc1[nH]n(-c2nc3ccccc3s2)c(=O)c1C(C)=Nc1cc(Cl)ccc1Cl. The number of rotatable bonds is 5. The molecule has 4 aromatic rings. The average Bonchev–Trinajstić information content (AvgIpc) is 3.26. The second-order valence-electron chi connectivity index (χ2n) is 6.61. The summed E-state index contributed by atoms with van der Waals surface area (Å²) in [5.74, 6) is 0. The molecule has 0 fully saturated rings. The number of aryl methyl sites for hydroxylation is 1. The van der Waals surface area contributed by atoms with E-state index in [1.54, 1.807) is 18.2 Å². The number of para-hydroxylation sites is 1. The van der Waals surface area contributed by atoms with Crippen molar-refractivity contribution in [3.63, 3.8) is 0 Å². The summed E-state index contributed by atoms with van der Waals surface area (Å²) in [6.07, 6.45) is 1.61. The number of hydrogen-bond acceptors (Lipinski definition) is 4. The highest BCUT2D eigenvalue weighted by molar-refractivity contribution is 7.20. The molecule has 0 saturated carbocycles. The van der Waals surface area contributed by atoms with E-state index in [9.17, 15) is 4.79 Å². The normalized spacial score (nSPS) is 12.1. The largest absolute Gasteiger partial charge is 0.292 e. The minimum absolute atomic E-state index is 0.174. The molecule has 29 heavy (non-hydrogen) atoms. The van der Waals surface area contributed by atoms with Gasteiger partial charge in [-0.15, -0.1) is 0 Å². The fourth-order valence-electron chi connectivity index (χ4n) is 3.18. The Morgan fingerprint density at radius 3 is 2.79 bits per heavy atom. The minimum atomic E-state index is -0.174. The maximum absolute atomic E-state index is 13.3. The van der Waals surface area contributed by atoms with Crippen LogP contribution in [0.2, 0.25) is 10.0 Å². The molecule has 2 aromatic heterocycles. The molecule has 148 valence electrons.